The third kappa shape index (κ3) is 5.28. The monoisotopic (exact) mass is 840 g/mol. The van der Waals surface area contributed by atoms with Gasteiger partial charge in [0.1, 0.15) is 0 Å². The summed E-state index contributed by atoms with van der Waals surface area (Å²) in [6, 6.07) is 0. The van der Waals surface area contributed by atoms with Crippen LogP contribution in [0.2, 0.25) is 0 Å². The Morgan fingerprint density at radius 3 is 0.520 bits per heavy atom. The lowest BCUT2D eigenvalue weighted by atomic mass is 9.84. The quantitative estimate of drug-likeness (QED) is 0.115. The van der Waals surface area contributed by atoms with Crippen molar-refractivity contribution in [1.82, 2.24) is 0 Å². The molecular weight excluding hydrogens is 831 g/mol. The molecule has 0 spiro atoms. The van der Waals surface area contributed by atoms with Crippen LogP contribution < -0.4 is 0 Å². The van der Waals surface area contributed by atoms with E-state index in [0.29, 0.717) is 0 Å². The molecule has 0 unspecified atom stereocenters. The van der Waals surface area contributed by atoms with E-state index in [1.807, 2.05) is 0 Å². The number of rotatable bonds is 16. The fourth-order valence-corrected chi connectivity index (χ4v) is 4.98. The molecule has 0 amide bonds. The summed E-state index contributed by atoms with van der Waals surface area (Å²) in [5, 5.41) is 0. The van der Waals surface area contributed by atoms with Gasteiger partial charge in [-0.15, -0.1) is 0 Å². The van der Waals surface area contributed by atoms with Crippen molar-refractivity contribution >= 4 is 8.80 Å². The Kier molecular flexibility index (Phi) is 11.6. The average Bonchev–Trinajstić information content (AvgIpc) is 2.92. The van der Waals surface area contributed by atoms with Crippen molar-refractivity contribution in [3.8, 4) is 0 Å². The van der Waals surface area contributed by atoms with Crippen LogP contribution in [-0.4, -0.2) is 113 Å². The van der Waals surface area contributed by atoms with Crippen LogP contribution in [0.5, 0.6) is 0 Å². The summed E-state index contributed by atoms with van der Waals surface area (Å²) in [4.78, 5) is 0. The fraction of sp³-hybridized carbons (Fsp3) is 1.00. The van der Waals surface area contributed by atoms with E-state index in [2.05, 4.69) is 13.3 Å². The molecule has 0 fully saturated rings. The summed E-state index contributed by atoms with van der Waals surface area (Å²) >= 11 is 0. The second kappa shape index (κ2) is 12.0. The fourth-order valence-electron chi connectivity index (χ4n) is 3.17. The van der Waals surface area contributed by atoms with Crippen LogP contribution in [0.4, 0.5) is 127 Å². The van der Waals surface area contributed by atoms with Crippen molar-refractivity contribution in [2.45, 2.75) is 82.8 Å². The Bertz CT molecular complexity index is 1140. The molecule has 0 aliphatic rings. The van der Waals surface area contributed by atoms with E-state index in [-0.39, 0.29) is 21.3 Å². The van der Waals surface area contributed by atoms with Crippen molar-refractivity contribution in [2.24, 2.45) is 0 Å². The van der Waals surface area contributed by atoms with Gasteiger partial charge in [-0.2, -0.15) is 127 Å². The standard InChI is InChI=1S/C17H9F29O3Si/c1-47-50(48-2,49-3)17(45,46)15(40,41)13(36,37)11(32,33)9(28,29)7(24,25)5(20,21)4(18,19)6(22,23)8(26,27)10(30,31)12(34,35)14(38,39)16(42,43)44/h1-3H3. The zero-order chi connectivity index (χ0) is 41.6. The molecule has 0 aliphatic heterocycles. The molecule has 0 heterocycles. The summed E-state index contributed by atoms with van der Waals surface area (Å²) in [7, 11) is -7.90. The van der Waals surface area contributed by atoms with E-state index in [9.17, 15) is 127 Å². The summed E-state index contributed by atoms with van der Waals surface area (Å²) in [6.07, 6.45) is -8.31. The van der Waals surface area contributed by atoms with Gasteiger partial charge in [0.05, 0.1) is 0 Å². The normalized spacial score (nSPS) is 17.0. The van der Waals surface area contributed by atoms with E-state index >= 15 is 0 Å². The topological polar surface area (TPSA) is 27.7 Å². The van der Waals surface area contributed by atoms with Crippen molar-refractivity contribution in [2.75, 3.05) is 21.3 Å². The van der Waals surface area contributed by atoms with Crippen LogP contribution in [0.1, 0.15) is 0 Å². The Morgan fingerprint density at radius 1 is 0.240 bits per heavy atom. The molecular formula is C17H9F29O3Si. The zero-order valence-corrected chi connectivity index (χ0v) is 23.7. The van der Waals surface area contributed by atoms with Gasteiger partial charge in [-0.05, 0) is 0 Å². The van der Waals surface area contributed by atoms with Crippen LogP contribution in [-0.2, 0) is 13.3 Å². The molecule has 0 aromatic rings. The first-order valence-corrected chi connectivity index (χ1v) is 12.5. The minimum absolute atomic E-state index is 0.273. The van der Waals surface area contributed by atoms with Gasteiger partial charge in [0.2, 0.25) is 0 Å². The van der Waals surface area contributed by atoms with Gasteiger partial charge in [0, 0.05) is 21.3 Å². The molecule has 0 aliphatic carbocycles. The Labute approximate surface area is 254 Å². The molecule has 0 aromatic heterocycles. The minimum atomic E-state index is -9.97. The molecule has 50 heavy (non-hydrogen) atoms. The van der Waals surface area contributed by atoms with Gasteiger partial charge in [-0.3, -0.25) is 0 Å². The largest absolute Gasteiger partial charge is 0.581 e. The van der Waals surface area contributed by atoms with Crippen LogP contribution in [0.3, 0.4) is 0 Å². The summed E-state index contributed by atoms with van der Waals surface area (Å²) < 4.78 is 404. The number of hydrogen-bond acceptors (Lipinski definition) is 3. The molecule has 0 atom stereocenters. The highest BCUT2D eigenvalue weighted by atomic mass is 28.4. The Morgan fingerprint density at radius 2 is 0.380 bits per heavy atom. The molecule has 0 saturated heterocycles. The first-order chi connectivity index (χ1) is 21.2. The van der Waals surface area contributed by atoms with Gasteiger partial charge in [0.15, 0.2) is 0 Å². The van der Waals surface area contributed by atoms with Crippen molar-refractivity contribution in [3.05, 3.63) is 0 Å². The molecule has 0 radical (unpaired) electrons. The van der Waals surface area contributed by atoms with Gasteiger partial charge in [0.25, 0.3) is 0 Å². The third-order valence-corrected chi connectivity index (χ3v) is 8.97. The zero-order valence-electron chi connectivity index (χ0n) is 22.7. The van der Waals surface area contributed by atoms with Gasteiger partial charge in [-0.1, -0.05) is 0 Å². The average molecular weight is 840 g/mol. The highest BCUT2D eigenvalue weighted by Gasteiger charge is 3.01. The van der Waals surface area contributed by atoms with Gasteiger partial charge in [-0.25, -0.2) is 0 Å². The highest BCUT2D eigenvalue weighted by Crippen LogP contribution is 2.69. The molecule has 0 aromatic carbocycles. The van der Waals surface area contributed by atoms with E-state index < -0.39 is 91.6 Å². The summed E-state index contributed by atoms with van der Waals surface area (Å²) in [5.41, 5.74) is -7.37. The lowest BCUT2D eigenvalue weighted by Crippen LogP contribution is -2.80. The molecule has 0 rings (SSSR count). The SMILES string of the molecule is CO[Si](OC)(OC)C(F)(F)C(F)(F)C(F)(F)C(F)(F)C(F)(F)C(F)(F)C(F)(F)C(F)(F)C(F)(F)C(F)(F)C(F)(F)C(F)(F)C(F)(F)C(F)(F)F. The molecule has 302 valence electrons. The van der Waals surface area contributed by atoms with E-state index in [4.69, 9.17) is 0 Å². The van der Waals surface area contributed by atoms with Crippen molar-refractivity contribution < 1.29 is 141 Å². The minimum Gasteiger partial charge on any atom is -0.373 e. The van der Waals surface area contributed by atoms with Crippen LogP contribution in [0.25, 0.3) is 0 Å². The lowest BCUT2D eigenvalue weighted by molar-refractivity contribution is -0.486. The second-order valence-corrected chi connectivity index (χ2v) is 12.1. The Balaban J connectivity index is 7.70. The predicted octanol–water partition coefficient (Wildman–Crippen LogP) is 9.22. The van der Waals surface area contributed by atoms with Crippen LogP contribution in [0, 0.1) is 0 Å². The number of alkyl halides is 29. The van der Waals surface area contributed by atoms with E-state index in [0.717, 1.165) is 0 Å². The lowest BCUT2D eigenvalue weighted by Gasteiger charge is -2.46. The Hall–Kier alpha value is -1.93. The molecule has 0 N–H and O–H groups in total. The van der Waals surface area contributed by atoms with Crippen molar-refractivity contribution in [3.63, 3.8) is 0 Å². The summed E-state index contributed by atoms with van der Waals surface area (Å²) in [5.74, 6) is -114. The smallest absolute Gasteiger partial charge is 0.373 e. The van der Waals surface area contributed by atoms with Crippen LogP contribution >= 0.6 is 0 Å². The number of halogens is 29. The summed E-state index contributed by atoms with van der Waals surface area (Å²) in [6.45, 7) is 0. The van der Waals surface area contributed by atoms with E-state index in [1.165, 1.54) is 0 Å². The first-order valence-electron chi connectivity index (χ1n) is 10.8. The first kappa shape index (κ1) is 48.1. The van der Waals surface area contributed by atoms with Gasteiger partial charge < -0.3 is 13.3 Å². The molecule has 0 bridgehead atoms. The van der Waals surface area contributed by atoms with Crippen molar-refractivity contribution in [1.29, 1.82) is 0 Å². The molecule has 3 nitrogen and oxygen atoms in total. The third-order valence-electron chi connectivity index (χ3n) is 6.28. The maximum absolute atomic E-state index is 14.3. The van der Waals surface area contributed by atoms with Crippen LogP contribution in [0.15, 0.2) is 0 Å². The predicted molar refractivity (Wildman–Crippen MR) is 97.1 cm³/mol. The molecule has 0 saturated carbocycles. The second-order valence-electron chi connectivity index (χ2n) is 9.13. The maximum atomic E-state index is 14.3. The molecule has 33 heteroatoms. The highest BCUT2D eigenvalue weighted by molar-refractivity contribution is 6.63. The maximum Gasteiger partial charge on any atom is 0.581 e. The van der Waals surface area contributed by atoms with Gasteiger partial charge >= 0.3 is 91.6 Å². The van der Waals surface area contributed by atoms with E-state index in [1.54, 1.807) is 0 Å². The number of hydrogen-bond donors (Lipinski definition) is 0.